The number of allylic oxidation sites excluding steroid dienone is 4. The van der Waals surface area contributed by atoms with Crippen LogP contribution in [0, 0.1) is 0 Å². The van der Waals surface area contributed by atoms with E-state index in [1.807, 2.05) is 170 Å². The predicted molar refractivity (Wildman–Crippen MR) is 572 cm³/mol. The summed E-state index contributed by atoms with van der Waals surface area (Å²) < 4.78 is 125. The minimum absolute atomic E-state index is 0.109. The van der Waals surface area contributed by atoms with Crippen molar-refractivity contribution in [2.75, 3.05) is 185 Å². The molecule has 0 unspecified atom stereocenters. The van der Waals surface area contributed by atoms with E-state index in [0.717, 1.165) is 44.5 Å². The van der Waals surface area contributed by atoms with E-state index >= 15 is 0 Å². The Morgan fingerprint density at radius 2 is 0.397 bits per heavy atom. The highest BCUT2D eigenvalue weighted by molar-refractivity contribution is 6.08. The van der Waals surface area contributed by atoms with E-state index in [1.165, 1.54) is 31.4 Å². The van der Waals surface area contributed by atoms with Gasteiger partial charge in [0.15, 0.2) is 115 Å². The van der Waals surface area contributed by atoms with Crippen LogP contribution in [0.15, 0.2) is 249 Å². The maximum atomic E-state index is 12.7. The van der Waals surface area contributed by atoms with Crippen LogP contribution in [0.3, 0.4) is 0 Å². The summed E-state index contributed by atoms with van der Waals surface area (Å²) in [7, 11) is 36.0. The van der Waals surface area contributed by atoms with Gasteiger partial charge in [-0.15, -0.1) is 0 Å². The molecule has 0 atom stereocenters. The van der Waals surface area contributed by atoms with E-state index in [0.29, 0.717) is 177 Å². The van der Waals surface area contributed by atoms with E-state index in [-0.39, 0.29) is 23.1 Å². The van der Waals surface area contributed by atoms with Crippen molar-refractivity contribution in [1.82, 2.24) is 0 Å². The van der Waals surface area contributed by atoms with Gasteiger partial charge in [0.2, 0.25) is 23.0 Å². The Morgan fingerprint density at radius 1 is 0.178 bits per heavy atom. The van der Waals surface area contributed by atoms with E-state index in [2.05, 4.69) is 21.3 Å². The number of carbonyl (C=O) groups excluding carboxylic acids is 4. The first-order valence-electron chi connectivity index (χ1n) is 44.8. The van der Waals surface area contributed by atoms with Gasteiger partial charge in [-0.2, -0.15) is 0 Å². The second-order valence-corrected chi connectivity index (χ2v) is 30.3. The maximum Gasteiger partial charge on any atom is 0.203 e. The molecule has 0 bridgehead atoms. The van der Waals surface area contributed by atoms with Crippen LogP contribution in [0.4, 0.5) is 22.7 Å². The van der Waals surface area contributed by atoms with Gasteiger partial charge in [-0.25, -0.2) is 0 Å². The number of ether oxygens (including phenoxy) is 23. The van der Waals surface area contributed by atoms with Gasteiger partial charge >= 0.3 is 0 Å². The first-order chi connectivity index (χ1) is 71.0. The smallest absolute Gasteiger partial charge is 0.203 e. The predicted octanol–water partition coefficient (Wildman–Crippen LogP) is 22.9. The molecule has 0 amide bonds. The summed E-state index contributed by atoms with van der Waals surface area (Å²) >= 11 is 0. The van der Waals surface area contributed by atoms with Gasteiger partial charge in [-0.3, -0.25) is 19.2 Å². The monoisotopic (exact) mass is 1990 g/mol. The number of rotatable bonds is 47. The first kappa shape index (κ1) is 111. The molecule has 0 saturated heterocycles. The second-order valence-electron chi connectivity index (χ2n) is 30.3. The van der Waals surface area contributed by atoms with Crippen molar-refractivity contribution in [3.05, 3.63) is 316 Å². The Bertz CT molecular complexity index is 6580. The van der Waals surface area contributed by atoms with Gasteiger partial charge in [0.25, 0.3) is 0 Å². The van der Waals surface area contributed by atoms with Crippen LogP contribution in [-0.2, 0) is 0 Å². The number of benzene rings is 12. The van der Waals surface area contributed by atoms with Crippen LogP contribution in [0.5, 0.6) is 132 Å². The molecule has 0 aliphatic rings. The molecular formula is C115H122N4O27. The number of hydrogen-bond donors (Lipinski definition) is 4. The molecule has 764 valence electrons. The van der Waals surface area contributed by atoms with E-state index in [1.54, 1.807) is 260 Å². The molecule has 0 fully saturated rings. The Balaban J connectivity index is 0.000000217. The summed E-state index contributed by atoms with van der Waals surface area (Å²) in [5.74, 6) is 11.9. The summed E-state index contributed by atoms with van der Waals surface area (Å²) in [4.78, 5) is 50.1. The summed E-state index contributed by atoms with van der Waals surface area (Å²) in [5, 5.41) is 12.5. The Hall–Kier alpha value is -18.2. The van der Waals surface area contributed by atoms with Gasteiger partial charge in [-0.05, 0) is 190 Å². The number of methoxy groups -OCH3 is 23. The number of anilines is 4. The SMILES string of the molecule is COc1cc(/C=C\c2cc(OC)c(OC)c(OC)c2)cc(N/C=C\C(=O)c2ccccc2)c1OC.COc1ccc(C(=O)/C=C\Nc2cc(/C=C\c3cc(OC)c(OC)c(OC)c3)cc(OC)c2OC)cc1.COc1cccc(C(=O)/C=C\Nc2cc(/C=C\c3cc(OC)c(OC)c(OC)c3)cc(OC)c2OC)c1.COc1ccccc1C(=O)/C=C\Nc1cc(/C=C\c2cc(OC)c(OC)c(OC)c2)cc(OC)c1OC. The van der Waals surface area contributed by atoms with Crippen molar-refractivity contribution >= 4 is 94.5 Å². The van der Waals surface area contributed by atoms with Gasteiger partial charge in [0, 0.05) is 65.8 Å². The number of para-hydroxylation sites is 1. The molecule has 0 heterocycles. The molecule has 0 saturated carbocycles. The summed E-state index contributed by atoms with van der Waals surface area (Å²) in [6.45, 7) is 0. The zero-order valence-electron chi connectivity index (χ0n) is 85.8. The van der Waals surface area contributed by atoms with Crippen molar-refractivity contribution in [1.29, 1.82) is 0 Å². The largest absolute Gasteiger partial charge is 0.497 e. The molecule has 0 spiro atoms. The van der Waals surface area contributed by atoms with E-state index < -0.39 is 0 Å². The average Bonchev–Trinajstić information content (AvgIpc) is 0.820. The molecule has 0 radical (unpaired) electrons. The van der Waals surface area contributed by atoms with Crippen LogP contribution in [0.2, 0.25) is 0 Å². The zero-order valence-corrected chi connectivity index (χ0v) is 85.8. The minimum Gasteiger partial charge on any atom is -0.497 e. The molecular weight excluding hydrogens is 1870 g/mol. The number of nitrogens with one attached hydrogen (secondary N) is 4. The fourth-order valence-corrected chi connectivity index (χ4v) is 14.5. The van der Waals surface area contributed by atoms with Crippen molar-refractivity contribution in [3.8, 4) is 132 Å². The molecule has 31 nitrogen and oxygen atoms in total. The fraction of sp³-hybridized carbons (Fsp3) is 0.200. The van der Waals surface area contributed by atoms with Crippen molar-refractivity contribution < 1.29 is 128 Å². The first-order valence-corrected chi connectivity index (χ1v) is 44.8. The average molecular weight is 1990 g/mol. The molecule has 31 heteroatoms. The third kappa shape index (κ3) is 30.2. The van der Waals surface area contributed by atoms with Crippen molar-refractivity contribution in [3.63, 3.8) is 0 Å². The highest BCUT2D eigenvalue weighted by atomic mass is 16.6. The number of carbonyl (C=O) groups is 4. The third-order valence-corrected chi connectivity index (χ3v) is 21.7. The van der Waals surface area contributed by atoms with E-state index in [4.69, 9.17) is 109 Å². The highest BCUT2D eigenvalue weighted by Gasteiger charge is 2.22. The normalized spacial score (nSPS) is 10.9. The number of ketones is 4. The highest BCUT2D eigenvalue weighted by Crippen LogP contribution is 2.47. The lowest BCUT2D eigenvalue weighted by Crippen LogP contribution is -2.01. The van der Waals surface area contributed by atoms with Crippen molar-refractivity contribution in [2.24, 2.45) is 0 Å². The molecule has 0 aliphatic carbocycles. The lowest BCUT2D eigenvalue weighted by Gasteiger charge is -2.14. The van der Waals surface area contributed by atoms with Crippen LogP contribution in [0.25, 0.3) is 48.6 Å². The van der Waals surface area contributed by atoms with Gasteiger partial charge in [0.1, 0.15) is 17.2 Å². The second kappa shape index (κ2) is 57.5. The van der Waals surface area contributed by atoms with Crippen LogP contribution >= 0.6 is 0 Å². The maximum absolute atomic E-state index is 12.7. The summed E-state index contributed by atoms with van der Waals surface area (Å²) in [6.07, 6.45) is 27.4. The standard InChI is InChI=1S/3C29H31NO7.C28H29NO6/c1-32-22-11-9-21(10-12-22)24(31)13-14-30-23-15-19(16-25(33-2)28(23)36-5)7-8-20-17-26(34-3)29(37-6)27(18-20)35-4;1-32-22-9-7-8-21(18-22)24(31)12-13-30-23-14-19(15-25(33-2)28(23)36-5)10-11-20-16-26(34-3)29(37-6)27(17-20)35-4;1-32-24-10-8-7-9-21(24)23(31)13-14-30-22-15-19(16-25(33-2)28(22)36-5)11-12-20-17-26(34-3)29(37-6)27(18-20)35-4;1-31-24-16-19(11-12-20-17-25(32-2)28(35-5)26(18-20)33-3)15-22(27(24)34-4)29-14-13-23(30)21-9-7-6-8-10-21/h3*7-18,30H,1-6H3;6-18,29H,1-5H3/b8-7-,14-13-;11-10-,13-12-;2*12-11-,14-13-. The molecule has 12 aromatic rings. The van der Waals surface area contributed by atoms with Crippen LogP contribution in [0.1, 0.15) is 85.9 Å². The fourth-order valence-electron chi connectivity index (χ4n) is 14.5. The summed E-state index contributed by atoms with van der Waals surface area (Å²) in [6, 6.07) is 59.8. The van der Waals surface area contributed by atoms with Gasteiger partial charge in [0.05, 0.1) is 192 Å². The third-order valence-electron chi connectivity index (χ3n) is 21.7. The van der Waals surface area contributed by atoms with Gasteiger partial charge in [-0.1, -0.05) is 103 Å². The molecule has 12 rings (SSSR count). The molecule has 0 aliphatic heterocycles. The van der Waals surface area contributed by atoms with Gasteiger partial charge < -0.3 is 130 Å². The molecule has 4 N–H and O–H groups in total. The van der Waals surface area contributed by atoms with Crippen LogP contribution in [-0.4, -0.2) is 187 Å². The molecule has 12 aromatic carbocycles. The van der Waals surface area contributed by atoms with Crippen molar-refractivity contribution in [2.45, 2.75) is 0 Å². The van der Waals surface area contributed by atoms with Crippen LogP contribution < -0.4 is 130 Å². The Morgan fingerprint density at radius 3 is 0.651 bits per heavy atom. The molecule has 0 aromatic heterocycles. The topological polar surface area (TPSA) is 329 Å². The minimum atomic E-state index is -0.200. The lowest BCUT2D eigenvalue weighted by molar-refractivity contribution is 0.103. The zero-order chi connectivity index (χ0) is 106. The quantitative estimate of drug-likeness (QED) is 0.0156. The number of hydrogen-bond acceptors (Lipinski definition) is 31. The Kier molecular flexibility index (Phi) is 43.9. The summed E-state index contributed by atoms with van der Waals surface area (Å²) in [5.41, 5.74) is 11.4. The molecule has 146 heavy (non-hydrogen) atoms. The van der Waals surface area contributed by atoms with E-state index in [9.17, 15) is 19.2 Å². The Labute approximate surface area is 851 Å². The lowest BCUT2D eigenvalue weighted by atomic mass is 10.1.